The maximum absolute atomic E-state index is 12.8. The highest BCUT2D eigenvalue weighted by Gasteiger charge is 2.47. The summed E-state index contributed by atoms with van der Waals surface area (Å²) >= 11 is 0. The van der Waals surface area contributed by atoms with E-state index in [0.29, 0.717) is 16.9 Å². The monoisotopic (exact) mass is 390 g/mol. The molecule has 0 saturated carbocycles. The smallest absolute Gasteiger partial charge is 0.465 e. The fourth-order valence-electron chi connectivity index (χ4n) is 3.01. The second-order valence-electron chi connectivity index (χ2n) is 5.97. The van der Waals surface area contributed by atoms with Crippen LogP contribution >= 0.6 is 0 Å². The van der Waals surface area contributed by atoms with Crippen LogP contribution in [0.4, 0.5) is 29.3 Å². The molecule has 9 nitrogen and oxygen atoms in total. The van der Waals surface area contributed by atoms with Crippen molar-refractivity contribution in [2.24, 2.45) is 0 Å². The fraction of sp³-hybridized carbons (Fsp3) is 0.467. The van der Waals surface area contributed by atoms with Crippen molar-refractivity contribution in [1.29, 1.82) is 0 Å². The zero-order valence-corrected chi connectivity index (χ0v) is 14.2. The van der Waals surface area contributed by atoms with E-state index in [0.717, 1.165) is 6.07 Å². The summed E-state index contributed by atoms with van der Waals surface area (Å²) in [5.41, 5.74) is -0.0460. The van der Waals surface area contributed by atoms with E-state index in [1.165, 1.54) is 24.1 Å². The summed E-state index contributed by atoms with van der Waals surface area (Å²) in [6.07, 6.45) is -6.72. The van der Waals surface area contributed by atoms with Crippen molar-refractivity contribution in [3.05, 3.63) is 33.9 Å². The van der Waals surface area contributed by atoms with Crippen LogP contribution in [-0.2, 0) is 11.3 Å². The van der Waals surface area contributed by atoms with E-state index in [-0.39, 0.29) is 25.2 Å². The maximum atomic E-state index is 12.8. The first-order valence-electron chi connectivity index (χ1n) is 7.87. The first-order chi connectivity index (χ1) is 12.5. The Kier molecular flexibility index (Phi) is 5.76. The molecule has 0 radical (unpaired) electrons. The number of carbonyl (C=O) groups is 2. The Morgan fingerprint density at radius 1 is 1.44 bits per heavy atom. The lowest BCUT2D eigenvalue weighted by Crippen LogP contribution is -2.50. The van der Waals surface area contributed by atoms with Gasteiger partial charge in [0.25, 0.3) is 5.69 Å². The largest absolute Gasteiger partial charge is 0.471 e. The van der Waals surface area contributed by atoms with Crippen LogP contribution in [0, 0.1) is 10.1 Å². The molecular formula is C15H17F3N4O5. The van der Waals surface area contributed by atoms with Gasteiger partial charge in [-0.15, -0.1) is 0 Å². The molecule has 2 N–H and O–H groups in total. The topological polar surface area (TPSA) is 116 Å². The quantitative estimate of drug-likeness (QED) is 0.589. The van der Waals surface area contributed by atoms with Crippen LogP contribution < -0.4 is 10.2 Å². The molecule has 2 amide bonds. The Hall–Kier alpha value is -3.05. The normalized spacial score (nSPS) is 16.9. The molecule has 12 heteroatoms. The molecule has 1 aromatic carbocycles. The highest BCUT2D eigenvalue weighted by atomic mass is 19.4. The number of amides is 2. The Labute approximate surface area is 151 Å². The van der Waals surface area contributed by atoms with Crippen LogP contribution in [0.2, 0.25) is 0 Å². The lowest BCUT2D eigenvalue weighted by Gasteiger charge is -2.34. The maximum Gasteiger partial charge on any atom is 0.471 e. The first-order valence-corrected chi connectivity index (χ1v) is 7.87. The number of anilines is 1. The zero-order chi connectivity index (χ0) is 20.4. The number of likely N-dealkylation sites (tertiary alicyclic amines) is 1. The molecule has 1 unspecified atom stereocenters. The van der Waals surface area contributed by atoms with Gasteiger partial charge in [0.2, 0.25) is 0 Å². The van der Waals surface area contributed by atoms with Crippen LogP contribution in [0.1, 0.15) is 18.4 Å². The Balaban J connectivity index is 2.31. The average molecular weight is 390 g/mol. The third-order valence-corrected chi connectivity index (χ3v) is 4.23. The lowest BCUT2D eigenvalue weighted by molar-refractivity contribution is -0.384. The van der Waals surface area contributed by atoms with Gasteiger partial charge < -0.3 is 20.2 Å². The molecule has 148 valence electrons. The summed E-state index contributed by atoms with van der Waals surface area (Å²) in [4.78, 5) is 34.8. The van der Waals surface area contributed by atoms with Crippen LogP contribution in [0.15, 0.2) is 18.2 Å². The molecule has 1 atom stereocenters. The summed E-state index contributed by atoms with van der Waals surface area (Å²) in [6.45, 7) is -0.260. The van der Waals surface area contributed by atoms with Crippen molar-refractivity contribution in [2.45, 2.75) is 31.7 Å². The molecule has 1 aliphatic heterocycles. The van der Waals surface area contributed by atoms with Gasteiger partial charge in [0.15, 0.2) is 0 Å². The number of nitro benzene ring substituents is 1. The van der Waals surface area contributed by atoms with Crippen LogP contribution in [-0.4, -0.2) is 52.9 Å². The highest BCUT2D eigenvalue weighted by molar-refractivity contribution is 5.83. The zero-order valence-electron chi connectivity index (χ0n) is 14.2. The number of nitrogens with one attached hydrogen (secondary N) is 1. The second kappa shape index (κ2) is 7.68. The van der Waals surface area contributed by atoms with E-state index in [1.807, 2.05) is 0 Å². The predicted molar refractivity (Wildman–Crippen MR) is 87.2 cm³/mol. The average Bonchev–Trinajstić information content (AvgIpc) is 3.06. The van der Waals surface area contributed by atoms with Crippen molar-refractivity contribution < 1.29 is 32.8 Å². The molecule has 27 heavy (non-hydrogen) atoms. The Morgan fingerprint density at radius 2 is 2.11 bits per heavy atom. The second-order valence-corrected chi connectivity index (χ2v) is 5.97. The number of halogens is 3. The van der Waals surface area contributed by atoms with E-state index in [2.05, 4.69) is 5.32 Å². The molecule has 1 fully saturated rings. The Bertz CT molecular complexity index is 755. The van der Waals surface area contributed by atoms with Gasteiger partial charge >= 0.3 is 18.2 Å². The van der Waals surface area contributed by atoms with Crippen LogP contribution in [0.3, 0.4) is 0 Å². The minimum absolute atomic E-state index is 0.0333. The molecule has 2 rings (SSSR count). The predicted octanol–water partition coefficient (Wildman–Crippen LogP) is 2.31. The van der Waals surface area contributed by atoms with Gasteiger partial charge in [0.1, 0.15) is 11.9 Å². The number of benzene rings is 1. The van der Waals surface area contributed by atoms with Gasteiger partial charge in [-0.3, -0.25) is 14.9 Å². The highest BCUT2D eigenvalue weighted by Crippen LogP contribution is 2.34. The standard InChI is InChI=1S/C15H17F3N4O5/c1-20(12-3-2-6-21(12)13(23)15(16,17)18)10-5-4-9(8-19-14(24)25)7-11(10)22(26)27/h4-5,7,12,19H,2-3,6,8H2,1H3,(H,24,25). The number of hydrogen-bond donors (Lipinski definition) is 2. The number of alkyl halides is 3. The van der Waals surface area contributed by atoms with Crippen molar-refractivity contribution in [3.8, 4) is 0 Å². The molecule has 1 saturated heterocycles. The van der Waals surface area contributed by atoms with Gasteiger partial charge in [0.05, 0.1) is 4.92 Å². The van der Waals surface area contributed by atoms with Gasteiger partial charge in [-0.2, -0.15) is 13.2 Å². The minimum Gasteiger partial charge on any atom is -0.465 e. The van der Waals surface area contributed by atoms with Gasteiger partial charge in [-0.05, 0) is 24.5 Å². The number of hydrogen-bond acceptors (Lipinski definition) is 5. The van der Waals surface area contributed by atoms with Crippen molar-refractivity contribution in [1.82, 2.24) is 10.2 Å². The molecule has 1 heterocycles. The first kappa shape index (κ1) is 20.3. The minimum atomic E-state index is -5.03. The van der Waals surface area contributed by atoms with E-state index in [1.54, 1.807) is 0 Å². The van der Waals surface area contributed by atoms with E-state index < -0.39 is 35.0 Å². The van der Waals surface area contributed by atoms with Crippen molar-refractivity contribution >= 4 is 23.4 Å². The van der Waals surface area contributed by atoms with E-state index in [4.69, 9.17) is 5.11 Å². The Morgan fingerprint density at radius 3 is 2.67 bits per heavy atom. The number of carboxylic acid groups (broad SMARTS) is 1. The SMILES string of the molecule is CN(c1ccc(CNC(=O)O)cc1[N+](=O)[O-])C1CCCN1C(=O)C(F)(F)F. The number of carbonyl (C=O) groups excluding carboxylic acids is 1. The molecule has 0 aliphatic carbocycles. The summed E-state index contributed by atoms with van der Waals surface area (Å²) in [7, 11) is 1.38. The molecular weight excluding hydrogens is 373 g/mol. The van der Waals surface area contributed by atoms with E-state index in [9.17, 15) is 32.9 Å². The molecule has 1 aromatic rings. The summed E-state index contributed by atoms with van der Waals surface area (Å²) in [5, 5.41) is 22.1. The third-order valence-electron chi connectivity index (χ3n) is 4.23. The summed E-state index contributed by atoms with van der Waals surface area (Å²) in [5.74, 6) is -1.98. The number of rotatable bonds is 5. The molecule has 0 bridgehead atoms. The van der Waals surface area contributed by atoms with Gasteiger partial charge in [-0.1, -0.05) is 6.07 Å². The summed E-state index contributed by atoms with van der Waals surface area (Å²) in [6, 6.07) is 3.90. The van der Waals surface area contributed by atoms with Crippen molar-refractivity contribution in [2.75, 3.05) is 18.5 Å². The number of nitro groups is 1. The number of nitrogens with zero attached hydrogens (tertiary/aromatic N) is 3. The van der Waals surface area contributed by atoms with Gasteiger partial charge in [0, 0.05) is 26.2 Å². The van der Waals surface area contributed by atoms with Crippen LogP contribution in [0.5, 0.6) is 0 Å². The summed E-state index contributed by atoms with van der Waals surface area (Å²) < 4.78 is 38.3. The molecule has 1 aliphatic rings. The molecule has 0 spiro atoms. The third kappa shape index (κ3) is 4.57. The fourth-order valence-corrected chi connectivity index (χ4v) is 3.01. The van der Waals surface area contributed by atoms with E-state index >= 15 is 0 Å². The van der Waals surface area contributed by atoms with Crippen molar-refractivity contribution in [3.63, 3.8) is 0 Å². The lowest BCUT2D eigenvalue weighted by atomic mass is 10.1. The van der Waals surface area contributed by atoms with Gasteiger partial charge in [-0.25, -0.2) is 4.79 Å². The van der Waals surface area contributed by atoms with Crippen LogP contribution in [0.25, 0.3) is 0 Å². The molecule has 0 aromatic heterocycles.